The molecular formula is C34H37F2N3O3. The molecule has 8 heteroatoms. The largest absolute Gasteiger partial charge is 0.460 e. The van der Waals surface area contributed by atoms with Gasteiger partial charge in [-0.05, 0) is 83.2 Å². The molecule has 0 saturated heterocycles. The first kappa shape index (κ1) is 30.9. The first-order valence-electron chi connectivity index (χ1n) is 14.0. The van der Waals surface area contributed by atoms with Crippen molar-refractivity contribution in [3.8, 4) is 23.0 Å². The first-order valence-corrected chi connectivity index (χ1v) is 14.0. The van der Waals surface area contributed by atoms with Crippen LogP contribution in [0.5, 0.6) is 0 Å². The minimum Gasteiger partial charge on any atom is -0.460 e. The molecule has 0 saturated carbocycles. The summed E-state index contributed by atoms with van der Waals surface area (Å²) < 4.78 is 36.0. The highest BCUT2D eigenvalue weighted by Gasteiger charge is 2.27. The molecule has 1 N–H and O–H groups in total. The van der Waals surface area contributed by atoms with E-state index in [0.29, 0.717) is 17.0 Å². The average Bonchev–Trinajstić information content (AvgIpc) is 3.20. The molecule has 2 heterocycles. The molecule has 0 amide bonds. The lowest BCUT2D eigenvalue weighted by molar-refractivity contribution is -0.155. The molecule has 1 atom stereocenters. The molecule has 0 aliphatic heterocycles. The summed E-state index contributed by atoms with van der Waals surface area (Å²) in [5, 5.41) is 15.9. The Morgan fingerprint density at radius 3 is 2.36 bits per heavy atom. The van der Waals surface area contributed by atoms with E-state index in [1.807, 2.05) is 42.9 Å². The van der Waals surface area contributed by atoms with Gasteiger partial charge in [-0.25, -0.2) is 13.8 Å². The van der Waals surface area contributed by atoms with E-state index in [2.05, 4.69) is 11.8 Å². The quantitative estimate of drug-likeness (QED) is 0.198. The van der Waals surface area contributed by atoms with Gasteiger partial charge in [0.25, 0.3) is 0 Å². The lowest BCUT2D eigenvalue weighted by Gasteiger charge is -2.24. The van der Waals surface area contributed by atoms with Crippen LogP contribution in [0.2, 0.25) is 0 Å². The number of pyridine rings is 1. The van der Waals surface area contributed by atoms with Crippen molar-refractivity contribution in [3.05, 3.63) is 82.8 Å². The molecule has 0 fully saturated rings. The number of aromatic nitrogens is 3. The zero-order chi connectivity index (χ0) is 30.8. The number of carbonyl (C=O) groups is 1. The summed E-state index contributed by atoms with van der Waals surface area (Å²) in [7, 11) is 1.88. The van der Waals surface area contributed by atoms with Gasteiger partial charge >= 0.3 is 5.97 Å². The topological polar surface area (TPSA) is 77.2 Å². The number of carbonyl (C=O) groups excluding carboxylic acids is 1. The molecule has 2 aromatic heterocycles. The Hall–Kier alpha value is -4.09. The van der Waals surface area contributed by atoms with Crippen molar-refractivity contribution >= 4 is 16.9 Å². The Labute approximate surface area is 245 Å². The summed E-state index contributed by atoms with van der Waals surface area (Å²) >= 11 is 0. The minimum absolute atomic E-state index is 0.0840. The van der Waals surface area contributed by atoms with Crippen LogP contribution in [0.3, 0.4) is 0 Å². The van der Waals surface area contributed by atoms with Crippen LogP contribution in [0.4, 0.5) is 8.78 Å². The van der Waals surface area contributed by atoms with Crippen LogP contribution < -0.4 is 0 Å². The van der Waals surface area contributed by atoms with Crippen LogP contribution in [0.15, 0.2) is 48.5 Å². The summed E-state index contributed by atoms with van der Waals surface area (Å²) in [6.45, 7) is 10.6. The zero-order valence-corrected chi connectivity index (χ0v) is 25.2. The summed E-state index contributed by atoms with van der Waals surface area (Å²) in [5.41, 5.74) is 2.79. The van der Waals surface area contributed by atoms with Crippen LogP contribution >= 0.6 is 0 Å². The number of hydrogen-bond acceptors (Lipinski definition) is 5. The van der Waals surface area contributed by atoms with Gasteiger partial charge < -0.3 is 9.84 Å². The standard InChI is InChI=1S/C34H37F2N3O3/c1-8-29-28-11-9-10-27(32(28)39(7)38-29)26-13-12-25(14-15-34(5,6)41)37-31(26)22(19-30(40)42-33(2,3)4)16-21-17-23(35)20-24(36)18-21/h9-13,17-18,20,22,41H,8,16,19H2,1-7H3/t22-/m1/s1. The van der Waals surface area contributed by atoms with Gasteiger partial charge in [-0.15, -0.1) is 0 Å². The Kier molecular flexibility index (Phi) is 8.84. The number of fused-ring (bicyclic) bond motifs is 1. The summed E-state index contributed by atoms with van der Waals surface area (Å²) in [4.78, 5) is 18.1. The van der Waals surface area contributed by atoms with Crippen LogP contribution in [0, 0.1) is 23.5 Å². The van der Waals surface area contributed by atoms with Crippen molar-refractivity contribution in [2.45, 2.75) is 77.9 Å². The van der Waals surface area contributed by atoms with Gasteiger partial charge in [0.15, 0.2) is 0 Å². The maximum atomic E-state index is 14.2. The molecule has 0 radical (unpaired) electrons. The van der Waals surface area contributed by atoms with Gasteiger partial charge in [-0.1, -0.05) is 31.0 Å². The maximum absolute atomic E-state index is 14.2. The fourth-order valence-corrected chi connectivity index (χ4v) is 5.05. The molecule has 2 aromatic carbocycles. The van der Waals surface area contributed by atoms with Crippen molar-refractivity contribution in [1.29, 1.82) is 0 Å². The first-order chi connectivity index (χ1) is 19.6. The molecule has 6 nitrogen and oxygen atoms in total. The SMILES string of the molecule is CCc1nn(C)c2c(-c3ccc(C#CC(C)(C)O)nc3[C@@H](CC(=O)OC(C)(C)C)Cc3cc(F)cc(F)c3)cccc12. The van der Waals surface area contributed by atoms with Crippen LogP contribution in [-0.2, 0) is 29.4 Å². The number of hydrogen-bond donors (Lipinski definition) is 1. The Morgan fingerprint density at radius 1 is 1.05 bits per heavy atom. The van der Waals surface area contributed by atoms with Crippen LogP contribution in [0.1, 0.15) is 76.5 Å². The number of halogens is 2. The highest BCUT2D eigenvalue weighted by molar-refractivity contribution is 5.96. The Bertz CT molecular complexity index is 1660. The van der Waals surface area contributed by atoms with E-state index in [4.69, 9.17) is 14.8 Å². The van der Waals surface area contributed by atoms with Crippen molar-refractivity contribution in [2.75, 3.05) is 0 Å². The second-order valence-electron chi connectivity index (χ2n) is 12.0. The number of aliphatic hydroxyl groups is 1. The van der Waals surface area contributed by atoms with Crippen molar-refractivity contribution in [2.24, 2.45) is 7.05 Å². The molecule has 0 unspecified atom stereocenters. The molecule has 0 aliphatic rings. The fourth-order valence-electron chi connectivity index (χ4n) is 5.05. The highest BCUT2D eigenvalue weighted by Crippen LogP contribution is 2.37. The van der Waals surface area contributed by atoms with Crippen LogP contribution in [-0.4, -0.2) is 37.0 Å². The Morgan fingerprint density at radius 2 is 1.74 bits per heavy atom. The third-order valence-corrected chi connectivity index (χ3v) is 6.61. The molecule has 42 heavy (non-hydrogen) atoms. The van der Waals surface area contributed by atoms with Gasteiger partial charge in [-0.2, -0.15) is 5.10 Å². The molecule has 4 rings (SSSR count). The number of benzene rings is 2. The van der Waals surface area contributed by atoms with Gasteiger partial charge in [0.1, 0.15) is 28.5 Å². The fraction of sp³-hybridized carbons (Fsp3) is 0.382. The van der Waals surface area contributed by atoms with E-state index in [1.54, 1.807) is 40.7 Å². The molecule has 4 aromatic rings. The normalized spacial score (nSPS) is 12.6. The summed E-state index contributed by atoms with van der Waals surface area (Å²) in [6.07, 6.45) is 0.793. The smallest absolute Gasteiger partial charge is 0.306 e. The maximum Gasteiger partial charge on any atom is 0.306 e. The highest BCUT2D eigenvalue weighted by atomic mass is 19.1. The molecule has 0 aliphatic carbocycles. The van der Waals surface area contributed by atoms with E-state index in [0.717, 1.165) is 40.2 Å². The summed E-state index contributed by atoms with van der Waals surface area (Å²) in [5.74, 6) is 3.23. The third-order valence-electron chi connectivity index (χ3n) is 6.61. The monoisotopic (exact) mass is 573 g/mol. The second-order valence-corrected chi connectivity index (χ2v) is 12.0. The number of rotatable bonds is 7. The van der Waals surface area contributed by atoms with E-state index in [-0.39, 0.29) is 12.8 Å². The van der Waals surface area contributed by atoms with Gasteiger partial charge in [0, 0.05) is 35.5 Å². The minimum atomic E-state index is -1.24. The van der Waals surface area contributed by atoms with Crippen molar-refractivity contribution < 1.29 is 23.4 Å². The zero-order valence-electron chi connectivity index (χ0n) is 25.2. The van der Waals surface area contributed by atoms with E-state index in [1.165, 1.54) is 12.1 Å². The predicted molar refractivity (Wildman–Crippen MR) is 160 cm³/mol. The lowest BCUT2D eigenvalue weighted by atomic mass is 9.87. The number of aryl methyl sites for hydroxylation is 2. The van der Waals surface area contributed by atoms with Gasteiger partial charge in [0.05, 0.1) is 23.3 Å². The van der Waals surface area contributed by atoms with E-state index in [9.17, 15) is 18.7 Å². The average molecular weight is 574 g/mol. The second kappa shape index (κ2) is 12.0. The predicted octanol–water partition coefficient (Wildman–Crippen LogP) is 6.66. The van der Waals surface area contributed by atoms with E-state index < -0.39 is 34.7 Å². The third kappa shape index (κ3) is 7.59. The molecular weight excluding hydrogens is 536 g/mol. The van der Waals surface area contributed by atoms with Gasteiger partial charge in [0.2, 0.25) is 0 Å². The Balaban J connectivity index is 1.96. The lowest BCUT2D eigenvalue weighted by Crippen LogP contribution is -2.25. The molecule has 220 valence electrons. The number of ether oxygens (including phenoxy) is 1. The number of esters is 1. The molecule has 0 spiro atoms. The number of para-hydroxylation sites is 1. The number of nitrogens with zero attached hydrogens (tertiary/aromatic N) is 3. The van der Waals surface area contributed by atoms with Crippen LogP contribution in [0.25, 0.3) is 22.0 Å². The molecule has 0 bridgehead atoms. The summed E-state index contributed by atoms with van der Waals surface area (Å²) in [6, 6.07) is 12.9. The van der Waals surface area contributed by atoms with Crippen molar-refractivity contribution in [3.63, 3.8) is 0 Å². The van der Waals surface area contributed by atoms with Crippen molar-refractivity contribution in [1.82, 2.24) is 14.8 Å². The van der Waals surface area contributed by atoms with E-state index >= 15 is 0 Å². The van der Waals surface area contributed by atoms with Gasteiger partial charge in [-0.3, -0.25) is 9.48 Å².